The van der Waals surface area contributed by atoms with Crippen LogP contribution in [0.15, 0.2) is 18.2 Å². The molecule has 1 N–H and O–H groups in total. The highest BCUT2D eigenvalue weighted by molar-refractivity contribution is 8.00. The summed E-state index contributed by atoms with van der Waals surface area (Å²) in [7, 11) is 0. The molecule has 94 valence electrons. The van der Waals surface area contributed by atoms with E-state index in [1.165, 1.54) is 0 Å². The van der Waals surface area contributed by atoms with Crippen LogP contribution in [0.5, 0.6) is 0 Å². The van der Waals surface area contributed by atoms with Crippen molar-refractivity contribution >= 4 is 29.1 Å². The summed E-state index contributed by atoms with van der Waals surface area (Å²) in [5.74, 6) is 1.15. The Morgan fingerprint density at radius 1 is 1.53 bits per heavy atom. The fourth-order valence-electron chi connectivity index (χ4n) is 2.08. The van der Waals surface area contributed by atoms with Crippen molar-refractivity contribution in [1.82, 2.24) is 0 Å². The molecule has 0 radical (unpaired) electrons. The van der Waals surface area contributed by atoms with Crippen LogP contribution < -0.4 is 4.90 Å². The first-order chi connectivity index (χ1) is 8.08. The van der Waals surface area contributed by atoms with Gasteiger partial charge in [0.15, 0.2) is 0 Å². The lowest BCUT2D eigenvalue weighted by Gasteiger charge is -2.33. The van der Waals surface area contributed by atoms with Crippen molar-refractivity contribution < 1.29 is 5.11 Å². The molecule has 0 aliphatic carbocycles. The Morgan fingerprint density at radius 2 is 2.29 bits per heavy atom. The second-order valence-electron chi connectivity index (χ2n) is 4.51. The lowest BCUT2D eigenvalue weighted by atomic mass is 10.1. The van der Waals surface area contributed by atoms with Gasteiger partial charge in [0.2, 0.25) is 0 Å². The van der Waals surface area contributed by atoms with E-state index in [4.69, 9.17) is 11.6 Å². The first-order valence-electron chi connectivity index (χ1n) is 5.92. The SMILES string of the molecule is CC1CN(c2ccc(C(C)O)cc2Cl)CCS1. The predicted octanol–water partition coefficient (Wildman–Crippen LogP) is 3.34. The molecule has 4 heteroatoms. The zero-order chi connectivity index (χ0) is 12.4. The van der Waals surface area contributed by atoms with E-state index >= 15 is 0 Å². The highest BCUT2D eigenvalue weighted by Crippen LogP contribution is 2.31. The Kier molecular flexibility index (Phi) is 4.23. The fraction of sp³-hybridized carbons (Fsp3) is 0.538. The van der Waals surface area contributed by atoms with Gasteiger partial charge in [-0.25, -0.2) is 0 Å². The maximum atomic E-state index is 9.52. The molecule has 1 aliphatic rings. The van der Waals surface area contributed by atoms with Crippen LogP contribution in [0.4, 0.5) is 5.69 Å². The topological polar surface area (TPSA) is 23.5 Å². The van der Waals surface area contributed by atoms with Crippen LogP contribution in [0.2, 0.25) is 5.02 Å². The molecule has 0 spiro atoms. The molecule has 0 saturated carbocycles. The van der Waals surface area contributed by atoms with Gasteiger partial charge in [-0.05, 0) is 24.6 Å². The van der Waals surface area contributed by atoms with Gasteiger partial charge in [0.1, 0.15) is 0 Å². The van der Waals surface area contributed by atoms with Crippen LogP contribution in [0, 0.1) is 0 Å². The van der Waals surface area contributed by atoms with Crippen molar-refractivity contribution in [3.8, 4) is 0 Å². The molecule has 0 aromatic heterocycles. The third-order valence-corrected chi connectivity index (χ3v) is 4.48. The zero-order valence-electron chi connectivity index (χ0n) is 10.2. The number of aliphatic hydroxyl groups is 1. The van der Waals surface area contributed by atoms with Gasteiger partial charge in [0, 0.05) is 24.1 Å². The number of hydrogen-bond donors (Lipinski definition) is 1. The summed E-state index contributed by atoms with van der Waals surface area (Å²) in [5.41, 5.74) is 1.96. The van der Waals surface area contributed by atoms with E-state index in [-0.39, 0.29) is 0 Å². The largest absolute Gasteiger partial charge is 0.389 e. The Labute approximate surface area is 112 Å². The van der Waals surface area contributed by atoms with Crippen LogP contribution in [0.3, 0.4) is 0 Å². The summed E-state index contributed by atoms with van der Waals surface area (Å²) in [6, 6.07) is 5.85. The van der Waals surface area contributed by atoms with Gasteiger partial charge in [-0.3, -0.25) is 0 Å². The average molecular weight is 272 g/mol. The van der Waals surface area contributed by atoms with Gasteiger partial charge < -0.3 is 10.0 Å². The van der Waals surface area contributed by atoms with Crippen LogP contribution in [0.1, 0.15) is 25.5 Å². The minimum atomic E-state index is -0.461. The number of thioether (sulfide) groups is 1. The van der Waals surface area contributed by atoms with Crippen LogP contribution in [-0.2, 0) is 0 Å². The van der Waals surface area contributed by atoms with Crippen molar-refractivity contribution in [2.75, 3.05) is 23.7 Å². The van der Waals surface area contributed by atoms with Crippen LogP contribution in [0.25, 0.3) is 0 Å². The third kappa shape index (κ3) is 3.09. The summed E-state index contributed by atoms with van der Waals surface area (Å²) in [6.07, 6.45) is -0.461. The second-order valence-corrected chi connectivity index (χ2v) is 6.47. The Hall–Kier alpha value is -0.380. The van der Waals surface area contributed by atoms with Gasteiger partial charge in [0.05, 0.1) is 16.8 Å². The van der Waals surface area contributed by atoms with Gasteiger partial charge >= 0.3 is 0 Å². The number of halogens is 1. The maximum Gasteiger partial charge on any atom is 0.0762 e. The van der Waals surface area contributed by atoms with E-state index in [1.54, 1.807) is 6.92 Å². The summed E-state index contributed by atoms with van der Waals surface area (Å²) in [6.45, 7) is 6.08. The van der Waals surface area contributed by atoms with Gasteiger partial charge in [-0.2, -0.15) is 11.8 Å². The number of rotatable bonds is 2. The number of nitrogens with zero attached hydrogens (tertiary/aromatic N) is 1. The molecule has 1 aliphatic heterocycles. The molecule has 17 heavy (non-hydrogen) atoms. The van der Waals surface area contributed by atoms with Gasteiger partial charge in [-0.1, -0.05) is 24.6 Å². The first-order valence-corrected chi connectivity index (χ1v) is 7.34. The van der Waals surface area contributed by atoms with E-state index in [0.29, 0.717) is 5.25 Å². The van der Waals surface area contributed by atoms with Crippen molar-refractivity contribution in [2.24, 2.45) is 0 Å². The third-order valence-electron chi connectivity index (χ3n) is 3.04. The molecular formula is C13H18ClNOS. The molecule has 0 amide bonds. The van der Waals surface area contributed by atoms with Crippen LogP contribution >= 0.6 is 23.4 Å². The lowest BCUT2D eigenvalue weighted by molar-refractivity contribution is 0.199. The summed E-state index contributed by atoms with van der Waals surface area (Å²) in [5, 5.41) is 10.9. The number of anilines is 1. The Bertz CT molecular complexity index is 397. The number of hydrogen-bond acceptors (Lipinski definition) is 3. The zero-order valence-corrected chi connectivity index (χ0v) is 11.8. The van der Waals surface area contributed by atoms with E-state index in [1.807, 2.05) is 30.0 Å². The fourth-order valence-corrected chi connectivity index (χ4v) is 3.40. The number of aliphatic hydroxyl groups excluding tert-OH is 1. The standard InChI is InChI=1S/C13H18ClNOS/c1-9-8-15(5-6-17-9)13-4-3-11(10(2)16)7-12(13)14/h3-4,7,9-10,16H,5-6,8H2,1-2H3. The monoisotopic (exact) mass is 271 g/mol. The summed E-state index contributed by atoms with van der Waals surface area (Å²) >= 11 is 8.30. The van der Waals surface area contributed by atoms with Gasteiger partial charge in [-0.15, -0.1) is 0 Å². The highest BCUT2D eigenvalue weighted by Gasteiger charge is 2.19. The van der Waals surface area contributed by atoms with Crippen molar-refractivity contribution in [3.05, 3.63) is 28.8 Å². The minimum Gasteiger partial charge on any atom is -0.389 e. The molecular weight excluding hydrogens is 254 g/mol. The Balaban J connectivity index is 2.21. The second kappa shape index (κ2) is 5.51. The lowest BCUT2D eigenvalue weighted by Crippen LogP contribution is -2.36. The summed E-state index contributed by atoms with van der Waals surface area (Å²) in [4.78, 5) is 2.33. The average Bonchev–Trinajstić information content (AvgIpc) is 2.28. The van der Waals surface area contributed by atoms with E-state index in [9.17, 15) is 5.11 Å². The molecule has 2 rings (SSSR count). The molecule has 1 fully saturated rings. The molecule has 1 heterocycles. The molecule has 2 nitrogen and oxygen atoms in total. The summed E-state index contributed by atoms with van der Waals surface area (Å²) < 4.78 is 0. The predicted molar refractivity (Wildman–Crippen MR) is 76.2 cm³/mol. The first kappa shape index (κ1) is 13.1. The number of benzene rings is 1. The molecule has 0 bridgehead atoms. The van der Waals surface area contributed by atoms with Crippen molar-refractivity contribution in [2.45, 2.75) is 25.2 Å². The normalized spacial score (nSPS) is 22.6. The van der Waals surface area contributed by atoms with Crippen molar-refractivity contribution in [1.29, 1.82) is 0 Å². The van der Waals surface area contributed by atoms with E-state index in [0.717, 1.165) is 35.1 Å². The molecule has 2 atom stereocenters. The smallest absolute Gasteiger partial charge is 0.0762 e. The Morgan fingerprint density at radius 3 is 2.88 bits per heavy atom. The molecule has 1 aromatic rings. The van der Waals surface area contributed by atoms with Crippen LogP contribution in [-0.4, -0.2) is 29.2 Å². The highest BCUT2D eigenvalue weighted by atomic mass is 35.5. The molecule has 1 saturated heterocycles. The van der Waals surface area contributed by atoms with E-state index in [2.05, 4.69) is 11.8 Å². The quantitative estimate of drug-likeness (QED) is 0.893. The van der Waals surface area contributed by atoms with E-state index < -0.39 is 6.10 Å². The molecule has 1 aromatic carbocycles. The minimum absolute atomic E-state index is 0.461. The van der Waals surface area contributed by atoms with Gasteiger partial charge in [0.25, 0.3) is 0 Å². The molecule has 2 unspecified atom stereocenters. The van der Waals surface area contributed by atoms with Crippen molar-refractivity contribution in [3.63, 3.8) is 0 Å². The maximum absolute atomic E-state index is 9.52.